The van der Waals surface area contributed by atoms with E-state index in [0.29, 0.717) is 5.70 Å². The van der Waals surface area contributed by atoms with Crippen LogP contribution in [0.1, 0.15) is 49.4 Å². The van der Waals surface area contributed by atoms with E-state index in [-0.39, 0.29) is 11.7 Å². The molecule has 1 aromatic carbocycles. The van der Waals surface area contributed by atoms with Gasteiger partial charge in [-0.05, 0) is 44.0 Å². The number of allylic oxidation sites excluding steroid dienone is 1. The van der Waals surface area contributed by atoms with Gasteiger partial charge in [-0.25, -0.2) is 4.79 Å². The molecule has 4 nitrogen and oxygen atoms in total. The Morgan fingerprint density at radius 2 is 1.77 bits per heavy atom. The van der Waals surface area contributed by atoms with Crippen molar-refractivity contribution in [2.75, 3.05) is 12.4 Å². The Kier molecular flexibility index (Phi) is 5.75. The molecule has 1 aliphatic rings. The van der Waals surface area contributed by atoms with Gasteiger partial charge in [0.2, 0.25) is 0 Å². The number of ether oxygens (including phenoxy) is 1. The fraction of sp³-hybridized carbons (Fsp3) is 0.444. The maximum absolute atomic E-state index is 12.4. The molecule has 1 N–H and O–H groups in total. The van der Waals surface area contributed by atoms with E-state index in [4.69, 9.17) is 0 Å². The summed E-state index contributed by atoms with van der Waals surface area (Å²) >= 11 is 0. The fourth-order valence-electron chi connectivity index (χ4n) is 2.82. The molecular formula is C18H23NO3. The second-order valence-electron chi connectivity index (χ2n) is 5.75. The van der Waals surface area contributed by atoms with Gasteiger partial charge >= 0.3 is 5.97 Å². The molecule has 0 atom stereocenters. The minimum Gasteiger partial charge on any atom is -0.466 e. The number of benzene rings is 1. The molecule has 0 saturated heterocycles. The quantitative estimate of drug-likeness (QED) is 0.508. The van der Waals surface area contributed by atoms with Crippen LogP contribution in [0.3, 0.4) is 0 Å². The second kappa shape index (κ2) is 7.78. The zero-order valence-corrected chi connectivity index (χ0v) is 13.2. The van der Waals surface area contributed by atoms with E-state index in [1.54, 1.807) is 6.92 Å². The van der Waals surface area contributed by atoms with Crippen molar-refractivity contribution in [2.24, 2.45) is 5.92 Å². The first kappa shape index (κ1) is 16.3. The summed E-state index contributed by atoms with van der Waals surface area (Å²) in [5.41, 5.74) is 2.31. The van der Waals surface area contributed by atoms with Gasteiger partial charge in [-0.2, -0.15) is 0 Å². The van der Waals surface area contributed by atoms with E-state index in [1.165, 1.54) is 19.6 Å². The van der Waals surface area contributed by atoms with Crippen molar-refractivity contribution >= 4 is 17.4 Å². The van der Waals surface area contributed by atoms with Gasteiger partial charge in [0.1, 0.15) is 0 Å². The predicted octanol–water partition coefficient (Wildman–Crippen LogP) is 3.94. The molecule has 0 amide bonds. The van der Waals surface area contributed by atoms with E-state index >= 15 is 0 Å². The molecule has 0 spiro atoms. The summed E-state index contributed by atoms with van der Waals surface area (Å²) in [4.78, 5) is 23.6. The minimum absolute atomic E-state index is 0.188. The topological polar surface area (TPSA) is 55.4 Å². The highest BCUT2D eigenvalue weighted by atomic mass is 16.5. The number of Topliss-reactive ketones (excluding diaryl/α,β-unsaturated/α-hetero) is 1. The van der Waals surface area contributed by atoms with Crippen LogP contribution in [0.15, 0.2) is 36.0 Å². The van der Waals surface area contributed by atoms with E-state index in [0.717, 1.165) is 36.9 Å². The van der Waals surface area contributed by atoms with Crippen LogP contribution in [0.5, 0.6) is 0 Å². The smallest absolute Gasteiger partial charge is 0.332 e. The molecule has 1 aromatic rings. The zero-order chi connectivity index (χ0) is 15.9. The van der Waals surface area contributed by atoms with E-state index < -0.39 is 5.97 Å². The fourth-order valence-corrected chi connectivity index (χ4v) is 2.82. The summed E-state index contributed by atoms with van der Waals surface area (Å²) in [7, 11) is 1.35. The summed E-state index contributed by atoms with van der Waals surface area (Å²) in [6, 6.07) is 7.44. The summed E-state index contributed by atoms with van der Waals surface area (Å²) in [6.45, 7) is 1.79. The highest BCUT2D eigenvalue weighted by molar-refractivity contribution is 5.98. The average Bonchev–Trinajstić information content (AvgIpc) is 2.55. The molecule has 0 heterocycles. The standard InChI is InChI=1S/C18H23NO3/c1-13(12-17(20)22-2)19-16-10-8-15(9-11-16)18(21)14-6-4-3-5-7-14/h8-12,14,19H,3-7H2,1-2H3/b13-12+. The summed E-state index contributed by atoms with van der Waals surface area (Å²) in [5.74, 6) is 0.0516. The molecule has 0 aliphatic heterocycles. The Morgan fingerprint density at radius 3 is 2.36 bits per heavy atom. The van der Waals surface area contributed by atoms with Crippen molar-refractivity contribution in [2.45, 2.75) is 39.0 Å². The molecule has 0 aromatic heterocycles. The van der Waals surface area contributed by atoms with Crippen molar-refractivity contribution in [1.29, 1.82) is 0 Å². The number of rotatable bonds is 5. The van der Waals surface area contributed by atoms with Crippen molar-refractivity contribution in [3.05, 3.63) is 41.6 Å². The first-order valence-corrected chi connectivity index (χ1v) is 7.77. The average molecular weight is 301 g/mol. The van der Waals surface area contributed by atoms with Gasteiger partial charge in [0.15, 0.2) is 5.78 Å². The van der Waals surface area contributed by atoms with Gasteiger partial charge in [0, 0.05) is 28.9 Å². The van der Waals surface area contributed by atoms with Crippen LogP contribution in [-0.4, -0.2) is 18.9 Å². The van der Waals surface area contributed by atoms with Gasteiger partial charge in [0.05, 0.1) is 7.11 Å². The van der Waals surface area contributed by atoms with E-state index in [1.807, 2.05) is 24.3 Å². The number of hydrogen-bond acceptors (Lipinski definition) is 4. The Balaban J connectivity index is 1.99. The molecule has 2 rings (SSSR count). The second-order valence-corrected chi connectivity index (χ2v) is 5.75. The molecule has 0 bridgehead atoms. The molecule has 1 fully saturated rings. The van der Waals surface area contributed by atoms with Crippen molar-refractivity contribution < 1.29 is 14.3 Å². The van der Waals surface area contributed by atoms with Crippen molar-refractivity contribution in [3.8, 4) is 0 Å². The highest BCUT2D eigenvalue weighted by Gasteiger charge is 2.22. The summed E-state index contributed by atoms with van der Waals surface area (Å²) < 4.78 is 4.58. The third-order valence-corrected chi connectivity index (χ3v) is 4.02. The van der Waals surface area contributed by atoms with Crippen LogP contribution in [0.25, 0.3) is 0 Å². The van der Waals surface area contributed by atoms with Crippen molar-refractivity contribution in [3.63, 3.8) is 0 Å². The number of anilines is 1. The van der Waals surface area contributed by atoms with Gasteiger partial charge in [0.25, 0.3) is 0 Å². The number of esters is 1. The van der Waals surface area contributed by atoms with Crippen LogP contribution in [0, 0.1) is 5.92 Å². The van der Waals surface area contributed by atoms with Gasteiger partial charge in [-0.1, -0.05) is 19.3 Å². The monoisotopic (exact) mass is 301 g/mol. The number of hydrogen-bond donors (Lipinski definition) is 1. The van der Waals surface area contributed by atoms with Crippen LogP contribution >= 0.6 is 0 Å². The zero-order valence-electron chi connectivity index (χ0n) is 13.2. The lowest BCUT2D eigenvalue weighted by atomic mass is 9.84. The molecule has 0 unspecified atom stereocenters. The minimum atomic E-state index is -0.394. The molecule has 4 heteroatoms. The van der Waals surface area contributed by atoms with Gasteiger partial charge in [-0.15, -0.1) is 0 Å². The number of carbonyl (C=O) groups is 2. The van der Waals surface area contributed by atoms with Gasteiger partial charge < -0.3 is 10.1 Å². The maximum atomic E-state index is 12.4. The Labute approximate surface area is 131 Å². The molecular weight excluding hydrogens is 278 g/mol. The van der Waals surface area contributed by atoms with Crippen molar-refractivity contribution in [1.82, 2.24) is 0 Å². The number of ketones is 1. The normalized spacial score (nSPS) is 16.2. The molecule has 22 heavy (non-hydrogen) atoms. The maximum Gasteiger partial charge on any atom is 0.332 e. The largest absolute Gasteiger partial charge is 0.466 e. The predicted molar refractivity (Wildman–Crippen MR) is 86.7 cm³/mol. The molecule has 0 radical (unpaired) electrons. The third-order valence-electron chi connectivity index (χ3n) is 4.02. The SMILES string of the molecule is COC(=O)/C=C(\C)Nc1ccc(C(=O)C2CCCCC2)cc1. The first-order valence-electron chi connectivity index (χ1n) is 7.77. The van der Waals surface area contributed by atoms with Crippen LogP contribution in [0.2, 0.25) is 0 Å². The number of nitrogens with one attached hydrogen (secondary N) is 1. The highest BCUT2D eigenvalue weighted by Crippen LogP contribution is 2.27. The lowest BCUT2D eigenvalue weighted by Gasteiger charge is -2.20. The summed E-state index contributed by atoms with van der Waals surface area (Å²) in [5, 5.41) is 3.10. The van der Waals surface area contributed by atoms with E-state index in [2.05, 4.69) is 10.1 Å². The van der Waals surface area contributed by atoms with Crippen LogP contribution < -0.4 is 5.32 Å². The Morgan fingerprint density at radius 1 is 1.14 bits per heavy atom. The Bertz CT molecular complexity index is 554. The summed E-state index contributed by atoms with van der Waals surface area (Å²) in [6.07, 6.45) is 6.99. The lowest BCUT2D eigenvalue weighted by molar-refractivity contribution is -0.134. The molecule has 1 aliphatic carbocycles. The third kappa shape index (κ3) is 4.45. The number of methoxy groups -OCH3 is 1. The Hall–Kier alpha value is -2.10. The van der Waals surface area contributed by atoms with E-state index in [9.17, 15) is 9.59 Å². The lowest BCUT2D eigenvalue weighted by Crippen LogP contribution is -2.17. The first-order chi connectivity index (χ1) is 10.6. The van der Waals surface area contributed by atoms with Crippen LogP contribution in [0.4, 0.5) is 5.69 Å². The van der Waals surface area contributed by atoms with Gasteiger partial charge in [-0.3, -0.25) is 4.79 Å². The van der Waals surface area contributed by atoms with Crippen LogP contribution in [-0.2, 0) is 9.53 Å². The number of carbonyl (C=O) groups excluding carboxylic acids is 2. The molecule has 118 valence electrons. The molecule has 1 saturated carbocycles.